The van der Waals surface area contributed by atoms with E-state index >= 15 is 0 Å². The molecule has 0 saturated heterocycles. The molecule has 0 bridgehead atoms. The number of hydrogen-bond donors (Lipinski definition) is 1. The van der Waals surface area contributed by atoms with E-state index in [-0.39, 0.29) is 25.3 Å². The molecule has 1 N–H and O–H groups in total. The smallest absolute Gasteiger partial charge is 0.456 e. The Balaban J connectivity index is 1.83. The lowest BCUT2D eigenvalue weighted by molar-refractivity contribution is -0.174. The summed E-state index contributed by atoms with van der Waals surface area (Å²) >= 11 is 0.811. The van der Waals surface area contributed by atoms with Crippen LogP contribution in [0.2, 0.25) is 0 Å². The van der Waals surface area contributed by atoms with Crippen LogP contribution in [0.15, 0.2) is 85.1 Å². The predicted molar refractivity (Wildman–Crippen MR) is 104 cm³/mol. The Labute approximate surface area is 179 Å². The molecule has 164 valence electrons. The van der Waals surface area contributed by atoms with Crippen molar-refractivity contribution in [2.45, 2.75) is 38.9 Å². The van der Waals surface area contributed by atoms with E-state index in [9.17, 15) is 30.8 Å². The van der Waals surface area contributed by atoms with Crippen LogP contribution in [0.4, 0.5) is 17.6 Å². The van der Waals surface area contributed by atoms with Crippen LogP contribution < -0.4 is 5.32 Å². The summed E-state index contributed by atoms with van der Waals surface area (Å²) < 4.78 is 82.3. The molecule has 0 unspecified atom stereocenters. The number of amides is 1. The second-order valence-corrected chi connectivity index (χ2v) is 9.30. The Morgan fingerprint density at radius 3 is 2.32 bits per heavy atom. The van der Waals surface area contributed by atoms with Gasteiger partial charge in [0.05, 0.1) is 22.1 Å². The summed E-state index contributed by atoms with van der Waals surface area (Å²) in [5, 5.41) is 1.77. The van der Waals surface area contributed by atoms with Crippen molar-refractivity contribution in [3.8, 4) is 0 Å². The van der Waals surface area contributed by atoms with Crippen LogP contribution in [-0.4, -0.2) is 20.5 Å². The van der Waals surface area contributed by atoms with Gasteiger partial charge in [0.25, 0.3) is 0 Å². The molecule has 1 amide bonds. The highest BCUT2D eigenvalue weighted by Crippen LogP contribution is 2.37. The first kappa shape index (κ1) is 22.9. The number of rotatable bonds is 6. The molecule has 0 fully saturated rings. The van der Waals surface area contributed by atoms with Crippen LogP contribution in [0.1, 0.15) is 18.5 Å². The lowest BCUT2D eigenvalue weighted by Gasteiger charge is -2.16. The minimum atomic E-state index is -5.02. The molecule has 0 radical (unpaired) electrons. The van der Waals surface area contributed by atoms with Crippen molar-refractivity contribution in [3.05, 3.63) is 72.2 Å². The highest BCUT2D eigenvalue weighted by Gasteiger charge is 2.39. The Morgan fingerprint density at radius 2 is 1.71 bits per heavy atom. The third kappa shape index (κ3) is 5.10. The predicted octanol–water partition coefficient (Wildman–Crippen LogP) is 5.14. The van der Waals surface area contributed by atoms with E-state index in [1.807, 2.05) is 0 Å². The summed E-state index contributed by atoms with van der Waals surface area (Å²) in [5.74, 6) is -2.63. The van der Waals surface area contributed by atoms with Gasteiger partial charge in [0, 0.05) is 0 Å². The van der Waals surface area contributed by atoms with E-state index in [2.05, 4.69) is 0 Å². The van der Waals surface area contributed by atoms with Crippen LogP contribution in [0.5, 0.6) is 0 Å². The van der Waals surface area contributed by atoms with Crippen molar-refractivity contribution in [2.75, 3.05) is 0 Å². The summed E-state index contributed by atoms with van der Waals surface area (Å²) in [5.41, 5.74) is 0.282. The maximum Gasteiger partial charge on any atom is 0.471 e. The first-order chi connectivity index (χ1) is 14.5. The number of sulfone groups is 1. The van der Waals surface area contributed by atoms with Crippen molar-refractivity contribution < 1.29 is 35.2 Å². The van der Waals surface area contributed by atoms with Gasteiger partial charge in [-0.2, -0.15) is 13.2 Å². The second-order valence-electron chi connectivity index (χ2n) is 6.37. The zero-order chi connectivity index (χ0) is 22.8. The van der Waals surface area contributed by atoms with Crippen molar-refractivity contribution in [1.82, 2.24) is 5.32 Å². The standard InChI is InChI=1S/C20H15F4NO4S2/c1-12(25-19(26)20(22,23)24)13-6-8-14(9-7-13)31(27,28)17-10-11-29-18(17)30-16-5-3-2-4-15(16)21/h2-12H,1H3,(H,25,26)/t12-/m0/s1. The number of carbonyl (C=O) groups is 1. The van der Waals surface area contributed by atoms with Gasteiger partial charge in [0.15, 0.2) is 5.09 Å². The maximum absolute atomic E-state index is 13.9. The summed E-state index contributed by atoms with van der Waals surface area (Å²) in [6, 6.07) is 11.1. The first-order valence-corrected chi connectivity index (χ1v) is 11.0. The fourth-order valence-corrected chi connectivity index (χ4v) is 5.10. The van der Waals surface area contributed by atoms with Crippen LogP contribution in [0.25, 0.3) is 0 Å². The van der Waals surface area contributed by atoms with Crippen molar-refractivity contribution in [1.29, 1.82) is 0 Å². The fourth-order valence-electron chi connectivity index (χ4n) is 2.61. The van der Waals surface area contributed by atoms with Crippen LogP contribution in [-0.2, 0) is 14.6 Å². The zero-order valence-corrected chi connectivity index (χ0v) is 17.4. The normalized spacial score (nSPS) is 13.1. The van der Waals surface area contributed by atoms with Crippen molar-refractivity contribution >= 4 is 27.5 Å². The molecule has 3 rings (SSSR count). The Morgan fingerprint density at radius 1 is 1.06 bits per heavy atom. The molecule has 31 heavy (non-hydrogen) atoms. The summed E-state index contributed by atoms with van der Waals surface area (Å²) in [7, 11) is -4.05. The Hall–Kier alpha value is -2.79. The largest absolute Gasteiger partial charge is 0.471 e. The molecular formula is C20H15F4NO4S2. The SMILES string of the molecule is C[C@H](NC(=O)C(F)(F)F)c1ccc(S(=O)(=O)c2ccoc2Sc2ccccc2F)cc1. The molecule has 0 saturated carbocycles. The molecule has 0 aliphatic heterocycles. The molecule has 5 nitrogen and oxygen atoms in total. The third-order valence-electron chi connectivity index (χ3n) is 4.22. The van der Waals surface area contributed by atoms with Crippen LogP contribution in [0.3, 0.4) is 0 Å². The highest BCUT2D eigenvalue weighted by molar-refractivity contribution is 8.00. The fraction of sp³-hybridized carbons (Fsp3) is 0.150. The zero-order valence-electron chi connectivity index (χ0n) is 15.8. The molecule has 11 heteroatoms. The molecule has 2 aromatic carbocycles. The monoisotopic (exact) mass is 473 g/mol. The topological polar surface area (TPSA) is 76.4 Å². The van der Waals surface area contributed by atoms with Crippen LogP contribution in [0, 0.1) is 5.82 Å². The van der Waals surface area contributed by atoms with Gasteiger partial charge < -0.3 is 9.73 Å². The lowest BCUT2D eigenvalue weighted by Crippen LogP contribution is -2.38. The average Bonchev–Trinajstić information content (AvgIpc) is 3.18. The van der Waals surface area contributed by atoms with E-state index in [1.54, 1.807) is 11.4 Å². The number of hydrogen-bond acceptors (Lipinski definition) is 5. The van der Waals surface area contributed by atoms with Crippen molar-refractivity contribution in [3.63, 3.8) is 0 Å². The maximum atomic E-state index is 13.9. The quantitative estimate of drug-likeness (QED) is 0.502. The lowest BCUT2D eigenvalue weighted by atomic mass is 10.1. The molecule has 0 spiro atoms. The van der Waals surface area contributed by atoms with E-state index in [0.29, 0.717) is 0 Å². The third-order valence-corrected chi connectivity index (χ3v) is 7.19. The minimum absolute atomic E-state index is 0.0278. The molecule has 0 aliphatic carbocycles. The van der Waals surface area contributed by atoms with Gasteiger partial charge >= 0.3 is 12.1 Å². The van der Waals surface area contributed by atoms with Crippen molar-refractivity contribution in [2.24, 2.45) is 0 Å². The van der Waals surface area contributed by atoms with E-state index in [1.165, 1.54) is 61.7 Å². The molecule has 3 aromatic rings. The molecule has 0 aliphatic rings. The number of halogens is 4. The molecule has 1 heterocycles. The number of carbonyl (C=O) groups excluding carboxylic acids is 1. The minimum Gasteiger partial charge on any atom is -0.456 e. The first-order valence-electron chi connectivity index (χ1n) is 8.73. The number of benzene rings is 2. The van der Waals surface area contributed by atoms with Gasteiger partial charge in [-0.25, -0.2) is 12.8 Å². The van der Waals surface area contributed by atoms with Gasteiger partial charge in [-0.05, 0) is 54.6 Å². The number of alkyl halides is 3. The molecule has 1 atom stereocenters. The van der Waals surface area contributed by atoms with E-state index in [4.69, 9.17) is 4.42 Å². The second kappa shape index (κ2) is 8.75. The van der Waals surface area contributed by atoms with Gasteiger partial charge in [-0.15, -0.1) is 0 Å². The van der Waals surface area contributed by atoms with Gasteiger partial charge in [-0.3, -0.25) is 4.79 Å². The van der Waals surface area contributed by atoms with E-state index < -0.39 is 33.8 Å². The summed E-state index contributed by atoms with van der Waals surface area (Å²) in [6.07, 6.45) is -3.86. The van der Waals surface area contributed by atoms with Gasteiger partial charge in [0.2, 0.25) is 9.84 Å². The molecular weight excluding hydrogens is 458 g/mol. The highest BCUT2D eigenvalue weighted by atomic mass is 32.2. The summed E-state index contributed by atoms with van der Waals surface area (Å²) in [6.45, 7) is 1.34. The number of nitrogens with one attached hydrogen (secondary N) is 1. The Bertz CT molecular complexity index is 1190. The van der Waals surface area contributed by atoms with Gasteiger partial charge in [0.1, 0.15) is 10.7 Å². The summed E-state index contributed by atoms with van der Waals surface area (Å²) in [4.78, 5) is 10.9. The molecule has 1 aromatic heterocycles. The number of furan rings is 1. The van der Waals surface area contributed by atoms with Gasteiger partial charge in [-0.1, -0.05) is 24.3 Å². The van der Waals surface area contributed by atoms with Crippen LogP contribution >= 0.6 is 11.8 Å². The van der Waals surface area contributed by atoms with E-state index in [0.717, 1.165) is 11.8 Å². The average molecular weight is 473 g/mol. The Kier molecular flexibility index (Phi) is 6.46.